The predicted octanol–water partition coefficient (Wildman–Crippen LogP) is 1.79. The number of carbonyl (C=O) groups is 1. The number of halogens is 1. The van der Waals surface area contributed by atoms with Crippen molar-refractivity contribution in [3.63, 3.8) is 0 Å². The summed E-state index contributed by atoms with van der Waals surface area (Å²) < 4.78 is 2.47. The molecule has 0 bridgehead atoms. The van der Waals surface area contributed by atoms with Crippen LogP contribution in [0, 0.1) is 6.92 Å². The number of carbonyl (C=O) groups excluding carboxylic acids is 1. The van der Waals surface area contributed by atoms with Gasteiger partial charge in [0.15, 0.2) is 6.29 Å². The third-order valence-electron chi connectivity index (χ3n) is 1.50. The molecule has 3 nitrogen and oxygen atoms in total. The van der Waals surface area contributed by atoms with Gasteiger partial charge in [0.25, 0.3) is 0 Å². The molecule has 0 spiro atoms. The fraction of sp³-hybridized carbons (Fsp3) is 0.429. The number of aromatic nitrogens is 2. The fourth-order valence-corrected chi connectivity index (χ4v) is 1.31. The van der Waals surface area contributed by atoms with E-state index < -0.39 is 0 Å². The van der Waals surface area contributed by atoms with Crippen LogP contribution in [0.1, 0.15) is 23.1 Å². The second kappa shape index (κ2) is 3.17. The second-order valence-corrected chi connectivity index (χ2v) is 3.01. The van der Waals surface area contributed by atoms with Gasteiger partial charge in [-0.2, -0.15) is 5.10 Å². The lowest BCUT2D eigenvalue weighted by Gasteiger charge is -1.95. The Bertz CT molecular complexity index is 280. The average Bonchev–Trinajstić information content (AvgIpc) is 2.28. The molecule has 0 aliphatic heterocycles. The van der Waals surface area contributed by atoms with Crippen LogP contribution in [0.5, 0.6) is 0 Å². The van der Waals surface area contributed by atoms with E-state index in [1.807, 2.05) is 13.8 Å². The van der Waals surface area contributed by atoms with E-state index in [1.165, 1.54) is 0 Å². The summed E-state index contributed by atoms with van der Waals surface area (Å²) in [5.74, 6) is 0. The van der Waals surface area contributed by atoms with Gasteiger partial charge in [-0.1, -0.05) is 0 Å². The largest absolute Gasteiger partial charge is 0.296 e. The van der Waals surface area contributed by atoms with Crippen LogP contribution in [0.25, 0.3) is 0 Å². The van der Waals surface area contributed by atoms with Crippen molar-refractivity contribution in [1.82, 2.24) is 9.78 Å². The maximum Gasteiger partial charge on any atom is 0.169 e. The van der Waals surface area contributed by atoms with Crippen molar-refractivity contribution in [2.75, 3.05) is 0 Å². The van der Waals surface area contributed by atoms with Crippen molar-refractivity contribution in [2.45, 2.75) is 20.4 Å². The Morgan fingerprint density at radius 2 is 2.36 bits per heavy atom. The standard InChI is InChI=1S/C7H9BrN2O/c1-3-10-6(4-11)7(8)5(2)9-10/h4H,3H2,1-2H3. The molecular weight excluding hydrogens is 208 g/mol. The lowest BCUT2D eigenvalue weighted by atomic mass is 10.4. The highest BCUT2D eigenvalue weighted by Crippen LogP contribution is 2.18. The van der Waals surface area contributed by atoms with Crippen LogP contribution in [0.15, 0.2) is 4.47 Å². The molecule has 11 heavy (non-hydrogen) atoms. The number of nitrogens with zero attached hydrogens (tertiary/aromatic N) is 2. The van der Waals surface area contributed by atoms with E-state index in [9.17, 15) is 4.79 Å². The van der Waals surface area contributed by atoms with Crippen LogP contribution in [-0.2, 0) is 6.54 Å². The molecule has 0 atom stereocenters. The predicted molar refractivity (Wildman–Crippen MR) is 45.7 cm³/mol. The highest BCUT2D eigenvalue weighted by atomic mass is 79.9. The number of hydrogen-bond acceptors (Lipinski definition) is 2. The Morgan fingerprint density at radius 1 is 1.73 bits per heavy atom. The fourth-order valence-electron chi connectivity index (χ4n) is 0.931. The summed E-state index contributed by atoms with van der Waals surface area (Å²) in [5, 5.41) is 4.14. The molecule has 1 aromatic rings. The number of aryl methyl sites for hydroxylation is 2. The third kappa shape index (κ3) is 1.35. The molecule has 0 aliphatic carbocycles. The van der Waals surface area contributed by atoms with E-state index in [0.717, 1.165) is 23.0 Å². The van der Waals surface area contributed by atoms with Gasteiger partial charge in [0.05, 0.1) is 10.2 Å². The highest BCUT2D eigenvalue weighted by Gasteiger charge is 2.09. The van der Waals surface area contributed by atoms with E-state index in [-0.39, 0.29) is 0 Å². The summed E-state index contributed by atoms with van der Waals surface area (Å²) in [4.78, 5) is 10.5. The number of aldehydes is 1. The Balaban J connectivity index is 3.26. The quantitative estimate of drug-likeness (QED) is 0.707. The van der Waals surface area contributed by atoms with Crippen LogP contribution >= 0.6 is 15.9 Å². The van der Waals surface area contributed by atoms with Crippen molar-refractivity contribution < 1.29 is 4.79 Å². The van der Waals surface area contributed by atoms with Gasteiger partial charge in [-0.05, 0) is 29.8 Å². The van der Waals surface area contributed by atoms with Crippen molar-refractivity contribution in [1.29, 1.82) is 0 Å². The minimum absolute atomic E-state index is 0.616. The zero-order chi connectivity index (χ0) is 8.43. The second-order valence-electron chi connectivity index (χ2n) is 2.22. The lowest BCUT2D eigenvalue weighted by Crippen LogP contribution is -2.01. The topological polar surface area (TPSA) is 34.9 Å². The average molecular weight is 217 g/mol. The van der Waals surface area contributed by atoms with Crippen LogP contribution in [0.4, 0.5) is 0 Å². The smallest absolute Gasteiger partial charge is 0.169 e. The van der Waals surface area contributed by atoms with E-state index >= 15 is 0 Å². The van der Waals surface area contributed by atoms with Crippen LogP contribution in [-0.4, -0.2) is 16.1 Å². The van der Waals surface area contributed by atoms with Crippen LogP contribution in [0.3, 0.4) is 0 Å². The lowest BCUT2D eigenvalue weighted by molar-refractivity contribution is 0.111. The van der Waals surface area contributed by atoms with Gasteiger partial charge in [-0.3, -0.25) is 9.48 Å². The summed E-state index contributed by atoms with van der Waals surface area (Å²) in [6.45, 7) is 4.54. The molecule has 1 rings (SSSR count). The van der Waals surface area contributed by atoms with Gasteiger partial charge in [0, 0.05) is 6.54 Å². The summed E-state index contributed by atoms with van der Waals surface area (Å²) in [5.41, 5.74) is 1.47. The zero-order valence-electron chi connectivity index (χ0n) is 6.47. The van der Waals surface area contributed by atoms with Crippen molar-refractivity contribution in [3.05, 3.63) is 15.9 Å². The first-order chi connectivity index (χ1) is 5.20. The third-order valence-corrected chi connectivity index (χ3v) is 2.48. The molecule has 1 heterocycles. The maximum absolute atomic E-state index is 10.5. The normalized spacial score (nSPS) is 10.1. The molecule has 0 saturated heterocycles. The number of hydrogen-bond donors (Lipinski definition) is 0. The van der Waals surface area contributed by atoms with Gasteiger partial charge in [-0.15, -0.1) is 0 Å². The van der Waals surface area contributed by atoms with E-state index in [1.54, 1.807) is 4.68 Å². The molecule has 0 N–H and O–H groups in total. The number of rotatable bonds is 2. The molecule has 0 amide bonds. The maximum atomic E-state index is 10.5. The molecule has 60 valence electrons. The highest BCUT2D eigenvalue weighted by molar-refractivity contribution is 9.10. The van der Waals surface area contributed by atoms with Crippen molar-refractivity contribution >= 4 is 22.2 Å². The van der Waals surface area contributed by atoms with Crippen molar-refractivity contribution in [2.24, 2.45) is 0 Å². The molecule has 0 aromatic carbocycles. The van der Waals surface area contributed by atoms with Gasteiger partial charge < -0.3 is 0 Å². The zero-order valence-corrected chi connectivity index (χ0v) is 8.05. The molecule has 0 saturated carbocycles. The van der Waals surface area contributed by atoms with E-state index in [4.69, 9.17) is 0 Å². The first-order valence-corrected chi connectivity index (χ1v) is 4.18. The van der Waals surface area contributed by atoms with Gasteiger partial charge in [0.1, 0.15) is 5.69 Å². The Morgan fingerprint density at radius 3 is 2.73 bits per heavy atom. The van der Waals surface area contributed by atoms with Gasteiger partial charge in [-0.25, -0.2) is 0 Å². The molecule has 0 aliphatic rings. The first-order valence-electron chi connectivity index (χ1n) is 3.38. The molecule has 0 radical (unpaired) electrons. The molecule has 1 aromatic heterocycles. The monoisotopic (exact) mass is 216 g/mol. The Kier molecular flexibility index (Phi) is 2.44. The molecule has 4 heteroatoms. The van der Waals surface area contributed by atoms with E-state index in [0.29, 0.717) is 5.69 Å². The van der Waals surface area contributed by atoms with Crippen LogP contribution < -0.4 is 0 Å². The SMILES string of the molecule is CCn1nc(C)c(Br)c1C=O. The minimum atomic E-state index is 0.616. The van der Waals surface area contributed by atoms with Crippen molar-refractivity contribution in [3.8, 4) is 0 Å². The minimum Gasteiger partial charge on any atom is -0.296 e. The van der Waals surface area contributed by atoms with Crippen LogP contribution in [0.2, 0.25) is 0 Å². The summed E-state index contributed by atoms with van der Waals surface area (Å²) in [6.07, 6.45) is 0.813. The summed E-state index contributed by atoms with van der Waals surface area (Å²) in [6, 6.07) is 0. The first kappa shape index (κ1) is 8.46. The Labute approximate surface area is 73.5 Å². The Hall–Kier alpha value is -0.640. The van der Waals surface area contributed by atoms with Gasteiger partial charge >= 0.3 is 0 Å². The summed E-state index contributed by atoms with van der Waals surface area (Å²) in [7, 11) is 0. The molecular formula is C7H9BrN2O. The summed E-state index contributed by atoms with van der Waals surface area (Å²) >= 11 is 3.29. The van der Waals surface area contributed by atoms with Gasteiger partial charge in [0.2, 0.25) is 0 Å². The van der Waals surface area contributed by atoms with E-state index in [2.05, 4.69) is 21.0 Å². The molecule has 0 fully saturated rings. The molecule has 0 unspecified atom stereocenters.